The number of nitrogens with one attached hydrogen (secondary N) is 1. The summed E-state index contributed by atoms with van der Waals surface area (Å²) in [6.07, 6.45) is 0. The first kappa shape index (κ1) is 20.3. The normalized spacial score (nSPS) is 11.7. The first-order valence-corrected chi connectivity index (χ1v) is 9.83. The fourth-order valence-electron chi connectivity index (χ4n) is 2.46. The third kappa shape index (κ3) is 5.26. The maximum Gasteiger partial charge on any atom is 0.255 e. The Balaban J connectivity index is 2.11. The van der Waals surface area contributed by atoms with E-state index in [-0.39, 0.29) is 17.1 Å². The van der Waals surface area contributed by atoms with Gasteiger partial charge < -0.3 is 10.2 Å². The minimum absolute atomic E-state index is 0.0797. The van der Waals surface area contributed by atoms with Crippen LogP contribution in [0.25, 0.3) is 0 Å². The van der Waals surface area contributed by atoms with Crippen molar-refractivity contribution < 1.29 is 9.59 Å². The van der Waals surface area contributed by atoms with Gasteiger partial charge in [-0.25, -0.2) is 0 Å². The molecule has 2 aromatic carbocycles. The molecule has 4 nitrogen and oxygen atoms in total. The lowest BCUT2D eigenvalue weighted by Gasteiger charge is -2.21. The molecule has 0 aliphatic rings. The average molecular weight is 391 g/mol. The van der Waals surface area contributed by atoms with Crippen molar-refractivity contribution in [2.45, 2.75) is 30.9 Å². The van der Waals surface area contributed by atoms with Crippen LogP contribution in [0.5, 0.6) is 0 Å². The van der Waals surface area contributed by atoms with Gasteiger partial charge >= 0.3 is 0 Å². The number of thioether (sulfide) groups is 1. The standard InChI is InChI=1S/C20H23ClN2O2S/c1-4-23(5-2)20(25)17-8-6-7-9-18(17)22-19(24)14(3)26-16-12-10-15(21)11-13-16/h6-14H,4-5H2,1-3H3,(H,22,24)/t14-/m1/s1. The molecule has 2 aromatic rings. The number of para-hydroxylation sites is 1. The number of nitrogens with zero attached hydrogens (tertiary/aromatic N) is 1. The molecular formula is C20H23ClN2O2S. The van der Waals surface area contributed by atoms with E-state index < -0.39 is 0 Å². The van der Waals surface area contributed by atoms with Crippen LogP contribution in [-0.4, -0.2) is 35.1 Å². The van der Waals surface area contributed by atoms with Gasteiger partial charge in [-0.1, -0.05) is 23.7 Å². The quantitative estimate of drug-likeness (QED) is 0.681. The van der Waals surface area contributed by atoms with Crippen molar-refractivity contribution in [3.05, 3.63) is 59.1 Å². The van der Waals surface area contributed by atoms with E-state index >= 15 is 0 Å². The van der Waals surface area contributed by atoms with Crippen LogP contribution in [0, 0.1) is 0 Å². The monoisotopic (exact) mass is 390 g/mol. The molecule has 6 heteroatoms. The van der Waals surface area contributed by atoms with E-state index in [1.54, 1.807) is 35.2 Å². The Hall–Kier alpha value is -1.98. The van der Waals surface area contributed by atoms with Gasteiger partial charge in [-0.2, -0.15) is 0 Å². The molecule has 0 bridgehead atoms. The van der Waals surface area contributed by atoms with Crippen LogP contribution in [0.4, 0.5) is 5.69 Å². The number of anilines is 1. The van der Waals surface area contributed by atoms with Crippen molar-refractivity contribution in [2.75, 3.05) is 18.4 Å². The third-order valence-electron chi connectivity index (χ3n) is 3.96. The lowest BCUT2D eigenvalue weighted by molar-refractivity contribution is -0.115. The van der Waals surface area contributed by atoms with Crippen LogP contribution >= 0.6 is 23.4 Å². The first-order valence-electron chi connectivity index (χ1n) is 8.57. The van der Waals surface area contributed by atoms with Gasteiger partial charge in [-0.05, 0) is 57.2 Å². The van der Waals surface area contributed by atoms with Crippen LogP contribution in [0.15, 0.2) is 53.4 Å². The Bertz CT molecular complexity index is 761. The van der Waals surface area contributed by atoms with E-state index in [1.165, 1.54) is 11.8 Å². The maximum absolute atomic E-state index is 12.7. The molecule has 0 aliphatic carbocycles. The van der Waals surface area contributed by atoms with E-state index in [0.29, 0.717) is 29.4 Å². The molecular weight excluding hydrogens is 368 g/mol. The highest BCUT2D eigenvalue weighted by Gasteiger charge is 2.20. The molecule has 0 heterocycles. The summed E-state index contributed by atoms with van der Waals surface area (Å²) in [6, 6.07) is 14.5. The van der Waals surface area contributed by atoms with Gasteiger partial charge in [0.05, 0.1) is 16.5 Å². The predicted molar refractivity (Wildman–Crippen MR) is 109 cm³/mol. The molecule has 0 radical (unpaired) electrons. The minimum Gasteiger partial charge on any atom is -0.339 e. The number of hydrogen-bond donors (Lipinski definition) is 1. The van der Waals surface area contributed by atoms with Crippen molar-refractivity contribution in [1.82, 2.24) is 4.90 Å². The Labute approximate surface area is 163 Å². The maximum atomic E-state index is 12.7. The second kappa shape index (κ2) is 9.64. The number of hydrogen-bond acceptors (Lipinski definition) is 3. The number of carbonyl (C=O) groups is 2. The molecule has 0 spiro atoms. The summed E-state index contributed by atoms with van der Waals surface area (Å²) in [7, 11) is 0. The molecule has 26 heavy (non-hydrogen) atoms. The molecule has 0 saturated heterocycles. The first-order chi connectivity index (χ1) is 12.5. The summed E-state index contributed by atoms with van der Waals surface area (Å²) in [4.78, 5) is 27.9. The lowest BCUT2D eigenvalue weighted by Crippen LogP contribution is -2.32. The zero-order valence-electron chi connectivity index (χ0n) is 15.2. The fourth-order valence-corrected chi connectivity index (χ4v) is 3.46. The van der Waals surface area contributed by atoms with Crippen LogP contribution in [-0.2, 0) is 4.79 Å². The van der Waals surface area contributed by atoms with Crippen LogP contribution in [0.3, 0.4) is 0 Å². The number of benzene rings is 2. The lowest BCUT2D eigenvalue weighted by atomic mass is 10.1. The van der Waals surface area contributed by atoms with Gasteiger partial charge in [0, 0.05) is 23.0 Å². The van der Waals surface area contributed by atoms with E-state index in [0.717, 1.165) is 4.90 Å². The smallest absolute Gasteiger partial charge is 0.255 e. The highest BCUT2D eigenvalue weighted by atomic mass is 35.5. The Morgan fingerprint density at radius 2 is 1.69 bits per heavy atom. The van der Waals surface area contributed by atoms with E-state index in [4.69, 9.17) is 11.6 Å². The molecule has 0 fully saturated rings. The topological polar surface area (TPSA) is 49.4 Å². The minimum atomic E-state index is -0.312. The molecule has 0 saturated carbocycles. The SMILES string of the molecule is CCN(CC)C(=O)c1ccccc1NC(=O)[C@@H](C)Sc1ccc(Cl)cc1. The van der Waals surface area contributed by atoms with E-state index in [2.05, 4.69) is 5.32 Å². The van der Waals surface area contributed by atoms with Crippen molar-refractivity contribution >= 4 is 40.9 Å². The van der Waals surface area contributed by atoms with E-state index in [1.807, 2.05) is 39.0 Å². The highest BCUT2D eigenvalue weighted by Crippen LogP contribution is 2.26. The molecule has 1 N–H and O–H groups in total. The van der Waals surface area contributed by atoms with E-state index in [9.17, 15) is 9.59 Å². The van der Waals surface area contributed by atoms with Gasteiger partial charge in [0.15, 0.2) is 0 Å². The van der Waals surface area contributed by atoms with Gasteiger partial charge in [-0.3, -0.25) is 9.59 Å². The van der Waals surface area contributed by atoms with Gasteiger partial charge in [0.1, 0.15) is 0 Å². The van der Waals surface area contributed by atoms with Gasteiger partial charge in [-0.15, -0.1) is 11.8 Å². The number of amides is 2. The number of rotatable bonds is 7. The van der Waals surface area contributed by atoms with Crippen LogP contribution in [0.1, 0.15) is 31.1 Å². The predicted octanol–water partition coefficient (Wildman–Crippen LogP) is 4.94. The van der Waals surface area contributed by atoms with Crippen molar-refractivity contribution in [3.8, 4) is 0 Å². The molecule has 0 unspecified atom stereocenters. The second-order valence-electron chi connectivity index (χ2n) is 5.73. The molecule has 0 aliphatic heterocycles. The molecule has 2 rings (SSSR count). The Morgan fingerprint density at radius 3 is 2.31 bits per heavy atom. The summed E-state index contributed by atoms with van der Waals surface area (Å²) in [6.45, 7) is 6.96. The van der Waals surface area contributed by atoms with Crippen LogP contribution in [0.2, 0.25) is 5.02 Å². The van der Waals surface area contributed by atoms with Gasteiger partial charge in [0.25, 0.3) is 5.91 Å². The summed E-state index contributed by atoms with van der Waals surface area (Å²) >= 11 is 7.33. The summed E-state index contributed by atoms with van der Waals surface area (Å²) in [5.41, 5.74) is 1.05. The zero-order valence-corrected chi connectivity index (χ0v) is 16.7. The molecule has 0 aromatic heterocycles. The summed E-state index contributed by atoms with van der Waals surface area (Å²) in [5, 5.41) is 3.24. The second-order valence-corrected chi connectivity index (χ2v) is 7.58. The van der Waals surface area contributed by atoms with Crippen molar-refractivity contribution in [3.63, 3.8) is 0 Å². The Kier molecular flexibility index (Phi) is 7.54. The fraction of sp³-hybridized carbons (Fsp3) is 0.300. The summed E-state index contributed by atoms with van der Waals surface area (Å²) < 4.78 is 0. The highest BCUT2D eigenvalue weighted by molar-refractivity contribution is 8.00. The van der Waals surface area contributed by atoms with Gasteiger partial charge in [0.2, 0.25) is 5.91 Å². The zero-order chi connectivity index (χ0) is 19.1. The summed E-state index contributed by atoms with van der Waals surface area (Å²) in [5.74, 6) is -0.228. The van der Waals surface area contributed by atoms with Crippen molar-refractivity contribution in [2.24, 2.45) is 0 Å². The largest absolute Gasteiger partial charge is 0.339 e. The third-order valence-corrected chi connectivity index (χ3v) is 5.33. The van der Waals surface area contributed by atoms with Crippen molar-refractivity contribution in [1.29, 1.82) is 0 Å². The molecule has 138 valence electrons. The average Bonchev–Trinajstić information content (AvgIpc) is 2.64. The Morgan fingerprint density at radius 1 is 1.08 bits per heavy atom. The molecule has 1 atom stereocenters. The molecule has 2 amide bonds. The van der Waals surface area contributed by atoms with Crippen LogP contribution < -0.4 is 5.32 Å². The number of carbonyl (C=O) groups excluding carboxylic acids is 2. The number of halogens is 1.